The summed E-state index contributed by atoms with van der Waals surface area (Å²) in [6, 6.07) is 11.9. The van der Waals surface area contributed by atoms with E-state index in [9.17, 15) is 19.8 Å². The number of phenols is 1. The SMILES string of the molecule is C[C@@H]1CCN(C(=O)c2cn3c(C(=O)O)cccc3n2)C[C@@H]1c1ccc(O)cc1. The highest BCUT2D eigenvalue weighted by molar-refractivity contribution is 5.94. The number of fused-ring (bicyclic) bond motifs is 1. The topological polar surface area (TPSA) is 95.1 Å². The number of aromatic hydroxyl groups is 1. The lowest BCUT2D eigenvalue weighted by molar-refractivity contribution is 0.0659. The quantitative estimate of drug-likeness (QED) is 0.729. The highest BCUT2D eigenvalue weighted by Crippen LogP contribution is 2.33. The number of carbonyl (C=O) groups excluding carboxylic acids is 1. The normalized spacial score (nSPS) is 19.7. The molecule has 3 aromatic rings. The van der Waals surface area contributed by atoms with E-state index in [0.717, 1.165) is 12.0 Å². The van der Waals surface area contributed by atoms with Crippen LogP contribution >= 0.6 is 0 Å². The first-order valence-electron chi connectivity index (χ1n) is 9.23. The van der Waals surface area contributed by atoms with Crippen LogP contribution in [0.3, 0.4) is 0 Å². The Labute approximate surface area is 161 Å². The van der Waals surface area contributed by atoms with Crippen molar-refractivity contribution in [1.29, 1.82) is 0 Å². The number of likely N-dealkylation sites (tertiary alicyclic amines) is 1. The van der Waals surface area contributed by atoms with Crippen molar-refractivity contribution in [1.82, 2.24) is 14.3 Å². The minimum absolute atomic E-state index is 0.0679. The average molecular weight is 379 g/mol. The Morgan fingerprint density at radius 1 is 1.14 bits per heavy atom. The standard InChI is InChI=1S/C21H21N3O4/c1-13-9-10-23(11-16(13)14-5-7-15(25)8-6-14)20(26)17-12-24-18(21(27)28)3-2-4-19(24)22-17/h2-8,12-13,16,25H,9-11H2,1H3,(H,27,28)/t13-,16+/m1/s1. The lowest BCUT2D eigenvalue weighted by Gasteiger charge is -2.37. The first-order valence-corrected chi connectivity index (χ1v) is 9.23. The molecule has 0 radical (unpaired) electrons. The monoisotopic (exact) mass is 379 g/mol. The number of hydrogen-bond acceptors (Lipinski definition) is 4. The number of carboxylic acid groups (broad SMARTS) is 1. The highest BCUT2D eigenvalue weighted by atomic mass is 16.4. The van der Waals surface area contributed by atoms with Crippen molar-refractivity contribution in [2.75, 3.05) is 13.1 Å². The van der Waals surface area contributed by atoms with Gasteiger partial charge in [0.1, 0.15) is 22.8 Å². The van der Waals surface area contributed by atoms with Gasteiger partial charge in [0.25, 0.3) is 5.91 Å². The predicted molar refractivity (Wildman–Crippen MR) is 103 cm³/mol. The molecule has 4 rings (SSSR count). The summed E-state index contributed by atoms with van der Waals surface area (Å²) >= 11 is 0. The maximum atomic E-state index is 13.1. The van der Waals surface area contributed by atoms with Crippen molar-refractivity contribution < 1.29 is 19.8 Å². The number of piperidine rings is 1. The van der Waals surface area contributed by atoms with Gasteiger partial charge in [0.2, 0.25) is 0 Å². The summed E-state index contributed by atoms with van der Waals surface area (Å²) in [5.41, 5.74) is 1.83. The third-order valence-corrected chi connectivity index (χ3v) is 5.50. The van der Waals surface area contributed by atoms with Crippen LogP contribution in [-0.4, -0.2) is 49.5 Å². The number of phenolic OH excluding ortho intramolecular Hbond substituents is 1. The predicted octanol–water partition coefficient (Wildman–Crippen LogP) is 3.00. The molecule has 0 aliphatic carbocycles. The largest absolute Gasteiger partial charge is 0.508 e. The molecule has 1 aromatic carbocycles. The van der Waals surface area contributed by atoms with E-state index in [1.807, 2.05) is 12.1 Å². The summed E-state index contributed by atoms with van der Waals surface area (Å²) in [5.74, 6) is -0.464. The average Bonchev–Trinajstić information content (AvgIpc) is 3.12. The fourth-order valence-corrected chi connectivity index (χ4v) is 3.86. The number of amides is 1. The van der Waals surface area contributed by atoms with E-state index >= 15 is 0 Å². The number of carbonyl (C=O) groups is 2. The van der Waals surface area contributed by atoms with Gasteiger partial charge in [0.05, 0.1) is 0 Å². The van der Waals surface area contributed by atoms with E-state index in [4.69, 9.17) is 0 Å². The van der Waals surface area contributed by atoms with Gasteiger partial charge in [-0.3, -0.25) is 9.20 Å². The Bertz CT molecular complexity index is 1040. The van der Waals surface area contributed by atoms with Crippen molar-refractivity contribution in [3.63, 3.8) is 0 Å². The molecule has 7 nitrogen and oxygen atoms in total. The smallest absolute Gasteiger partial charge is 0.352 e. The van der Waals surface area contributed by atoms with Gasteiger partial charge in [-0.25, -0.2) is 9.78 Å². The number of imidazole rings is 1. The molecule has 3 heterocycles. The zero-order valence-corrected chi connectivity index (χ0v) is 15.4. The number of aromatic carboxylic acids is 1. The van der Waals surface area contributed by atoms with Crippen molar-refractivity contribution in [3.8, 4) is 5.75 Å². The van der Waals surface area contributed by atoms with E-state index in [2.05, 4.69) is 11.9 Å². The Morgan fingerprint density at radius 2 is 1.89 bits per heavy atom. The number of carboxylic acids is 1. The Morgan fingerprint density at radius 3 is 2.61 bits per heavy atom. The molecule has 1 amide bonds. The van der Waals surface area contributed by atoms with E-state index in [1.165, 1.54) is 16.7 Å². The van der Waals surface area contributed by atoms with Crippen molar-refractivity contribution >= 4 is 17.5 Å². The van der Waals surface area contributed by atoms with Crippen molar-refractivity contribution in [2.45, 2.75) is 19.3 Å². The molecule has 28 heavy (non-hydrogen) atoms. The molecular weight excluding hydrogens is 358 g/mol. The van der Waals surface area contributed by atoms with E-state index < -0.39 is 5.97 Å². The molecule has 1 aliphatic rings. The number of benzene rings is 1. The van der Waals surface area contributed by atoms with Crippen molar-refractivity contribution in [2.24, 2.45) is 5.92 Å². The molecule has 2 N–H and O–H groups in total. The molecule has 0 bridgehead atoms. The maximum absolute atomic E-state index is 13.1. The van der Waals surface area contributed by atoms with Gasteiger partial charge in [0, 0.05) is 25.2 Å². The molecule has 2 aromatic heterocycles. The van der Waals surface area contributed by atoms with Crippen LogP contribution in [0.4, 0.5) is 0 Å². The number of rotatable bonds is 3. The van der Waals surface area contributed by atoms with Gasteiger partial charge in [0.15, 0.2) is 0 Å². The molecule has 1 saturated heterocycles. The van der Waals surface area contributed by atoms with Crippen LogP contribution < -0.4 is 0 Å². The summed E-state index contributed by atoms with van der Waals surface area (Å²) in [4.78, 5) is 30.6. The Kier molecular flexibility index (Phi) is 4.50. The molecule has 1 aliphatic heterocycles. The van der Waals surface area contributed by atoms with E-state index in [0.29, 0.717) is 24.7 Å². The Balaban J connectivity index is 1.61. The zero-order valence-electron chi connectivity index (χ0n) is 15.4. The maximum Gasteiger partial charge on any atom is 0.352 e. The van der Waals surface area contributed by atoms with Crippen LogP contribution in [0.15, 0.2) is 48.7 Å². The lowest BCUT2D eigenvalue weighted by atomic mass is 9.82. The second kappa shape index (κ2) is 6.99. The number of nitrogens with zero attached hydrogens (tertiary/aromatic N) is 3. The van der Waals surface area contributed by atoms with Crippen LogP contribution in [0.1, 0.15) is 45.8 Å². The highest BCUT2D eigenvalue weighted by Gasteiger charge is 2.31. The minimum Gasteiger partial charge on any atom is -0.508 e. The van der Waals surface area contributed by atoms with Crippen molar-refractivity contribution in [3.05, 3.63) is 65.6 Å². The first kappa shape index (κ1) is 18.0. The number of pyridine rings is 1. The van der Waals surface area contributed by atoms with Gasteiger partial charge in [-0.15, -0.1) is 0 Å². The summed E-state index contributed by atoms with van der Waals surface area (Å²) in [5, 5.41) is 18.9. The second-order valence-corrected chi connectivity index (χ2v) is 7.29. The third-order valence-electron chi connectivity index (χ3n) is 5.50. The van der Waals surface area contributed by atoms with Crippen LogP contribution in [0.2, 0.25) is 0 Å². The second-order valence-electron chi connectivity index (χ2n) is 7.29. The zero-order chi connectivity index (χ0) is 19.8. The third kappa shape index (κ3) is 3.19. The van der Waals surface area contributed by atoms with Gasteiger partial charge in [-0.1, -0.05) is 25.1 Å². The molecule has 0 unspecified atom stereocenters. The summed E-state index contributed by atoms with van der Waals surface area (Å²) in [6.45, 7) is 3.36. The molecule has 144 valence electrons. The van der Waals surface area contributed by atoms with Gasteiger partial charge >= 0.3 is 5.97 Å². The van der Waals surface area contributed by atoms with Gasteiger partial charge < -0.3 is 15.1 Å². The summed E-state index contributed by atoms with van der Waals surface area (Å²) in [6.07, 6.45) is 2.36. The van der Waals surface area contributed by atoms with Crippen LogP contribution in [0.5, 0.6) is 5.75 Å². The molecular formula is C21H21N3O4. The summed E-state index contributed by atoms with van der Waals surface area (Å²) < 4.78 is 1.43. The number of hydrogen-bond donors (Lipinski definition) is 2. The Hall–Kier alpha value is -3.35. The van der Waals surface area contributed by atoms with Crippen LogP contribution in [0.25, 0.3) is 5.65 Å². The number of aromatic nitrogens is 2. The first-order chi connectivity index (χ1) is 13.4. The molecule has 0 spiro atoms. The van der Waals surface area contributed by atoms with Gasteiger partial charge in [-0.05, 0) is 42.2 Å². The fraction of sp³-hybridized carbons (Fsp3) is 0.286. The van der Waals surface area contributed by atoms with Crippen LogP contribution in [0, 0.1) is 5.92 Å². The molecule has 1 fully saturated rings. The minimum atomic E-state index is -1.07. The van der Waals surface area contributed by atoms with E-state index in [-0.39, 0.29) is 29.0 Å². The molecule has 7 heteroatoms. The summed E-state index contributed by atoms with van der Waals surface area (Å²) in [7, 11) is 0. The molecule has 0 saturated carbocycles. The van der Waals surface area contributed by atoms with Crippen LogP contribution in [-0.2, 0) is 0 Å². The lowest BCUT2D eigenvalue weighted by Crippen LogP contribution is -2.42. The fourth-order valence-electron chi connectivity index (χ4n) is 3.86. The van der Waals surface area contributed by atoms with E-state index in [1.54, 1.807) is 29.2 Å². The van der Waals surface area contributed by atoms with Gasteiger partial charge in [-0.2, -0.15) is 0 Å². The molecule has 2 atom stereocenters.